The molecule has 1 fully saturated rings. The lowest BCUT2D eigenvalue weighted by Gasteiger charge is -2.25. The lowest BCUT2D eigenvalue weighted by Crippen LogP contribution is -2.33. The first kappa shape index (κ1) is 7.03. The fraction of sp³-hybridized carbons (Fsp3) is 1.00. The quantitative estimate of drug-likeness (QED) is 0.595. The molecule has 2 N–H and O–H groups in total. The van der Waals surface area contributed by atoms with E-state index in [4.69, 9.17) is 5.73 Å². The molecule has 0 unspecified atom stereocenters. The van der Waals surface area contributed by atoms with Gasteiger partial charge in [0.05, 0.1) is 0 Å². The van der Waals surface area contributed by atoms with Gasteiger partial charge in [0.15, 0.2) is 0 Å². The number of hydrogen-bond acceptors (Lipinski definition) is 2. The molecule has 1 aliphatic rings. The highest BCUT2D eigenvalue weighted by Crippen LogP contribution is 2.06. The average Bonchev–Trinajstić information content (AvgIpc) is 1.91. The van der Waals surface area contributed by atoms with Crippen LogP contribution in [-0.4, -0.2) is 31.1 Å². The fourth-order valence-corrected chi connectivity index (χ4v) is 1.37. The highest BCUT2D eigenvalue weighted by atomic mass is 15.1. The van der Waals surface area contributed by atoms with E-state index in [0.717, 1.165) is 13.1 Å². The van der Waals surface area contributed by atoms with Crippen LogP contribution in [0.5, 0.6) is 0 Å². The van der Waals surface area contributed by atoms with Crippen molar-refractivity contribution in [3.63, 3.8) is 0 Å². The smallest absolute Gasteiger partial charge is 0.0105 e. The van der Waals surface area contributed by atoms with Crippen LogP contribution < -0.4 is 5.73 Å². The van der Waals surface area contributed by atoms with Crippen molar-refractivity contribution in [3.05, 3.63) is 0 Å². The highest BCUT2D eigenvalue weighted by Gasteiger charge is 2.07. The number of piperidine rings is 1. The van der Waals surface area contributed by atoms with E-state index in [1.807, 2.05) is 0 Å². The molecule has 0 saturated carbocycles. The Morgan fingerprint density at radius 3 is 2.44 bits per heavy atom. The first-order valence-corrected chi connectivity index (χ1v) is 3.86. The molecule has 2 nitrogen and oxygen atoms in total. The normalized spacial score (nSPS) is 22.3. The van der Waals surface area contributed by atoms with Gasteiger partial charge < -0.3 is 10.6 Å². The molecule has 0 spiro atoms. The number of rotatable bonds is 2. The Bertz CT molecular complexity index is 69.3. The van der Waals surface area contributed by atoms with Crippen molar-refractivity contribution in [2.75, 3.05) is 26.2 Å². The van der Waals surface area contributed by atoms with Crippen LogP contribution in [0.4, 0.5) is 0 Å². The Kier molecular flexibility index (Phi) is 3.01. The lowest BCUT2D eigenvalue weighted by molar-refractivity contribution is 0.235. The van der Waals surface area contributed by atoms with E-state index in [2.05, 4.69) is 4.90 Å². The Hall–Kier alpha value is -0.0800. The number of likely N-dealkylation sites (tertiary alicyclic amines) is 1. The summed E-state index contributed by atoms with van der Waals surface area (Å²) in [6.07, 6.45) is 4.17. The Labute approximate surface area is 58.5 Å². The Morgan fingerprint density at radius 1 is 1.22 bits per heavy atom. The summed E-state index contributed by atoms with van der Waals surface area (Å²) in [7, 11) is 0. The van der Waals surface area contributed by atoms with Crippen LogP contribution in [0, 0.1) is 0 Å². The highest BCUT2D eigenvalue weighted by molar-refractivity contribution is 4.63. The molecule has 0 radical (unpaired) electrons. The second-order valence-corrected chi connectivity index (χ2v) is 2.69. The maximum Gasteiger partial charge on any atom is 0.0105 e. The van der Waals surface area contributed by atoms with Gasteiger partial charge in [-0.3, -0.25) is 0 Å². The molecular formula is C7H18N2. The second kappa shape index (κ2) is 3.85. The summed E-state index contributed by atoms with van der Waals surface area (Å²) in [5.41, 5.74) is 5.42. The van der Waals surface area contributed by atoms with Crippen molar-refractivity contribution in [2.45, 2.75) is 19.3 Å². The van der Waals surface area contributed by atoms with Gasteiger partial charge in [0.2, 0.25) is 0 Å². The maximum atomic E-state index is 5.42. The summed E-state index contributed by atoms with van der Waals surface area (Å²) in [4.78, 5) is 2.45. The van der Waals surface area contributed by atoms with Crippen LogP contribution in [-0.2, 0) is 0 Å². The summed E-state index contributed by atoms with van der Waals surface area (Å²) in [6.45, 7) is 4.47. The number of hydrogen-bond donors (Lipinski definition) is 1. The van der Waals surface area contributed by atoms with Crippen molar-refractivity contribution in [1.82, 2.24) is 4.90 Å². The molecule has 0 atom stereocenters. The third-order valence-corrected chi connectivity index (χ3v) is 1.89. The van der Waals surface area contributed by atoms with Crippen LogP contribution in [0.2, 0.25) is 0 Å². The minimum Gasteiger partial charge on any atom is -0.329 e. The molecule has 0 bridgehead atoms. The second-order valence-electron chi connectivity index (χ2n) is 2.69. The number of nitrogens with two attached hydrogens (primary N) is 1. The van der Waals surface area contributed by atoms with Gasteiger partial charge in [-0.15, -0.1) is 0 Å². The largest absolute Gasteiger partial charge is 0.329 e. The molecule has 1 saturated heterocycles. The molecule has 0 amide bonds. The molecule has 1 heterocycles. The predicted molar refractivity (Wildman–Crippen MR) is 41.5 cm³/mol. The summed E-state index contributed by atoms with van der Waals surface area (Å²) >= 11 is 0. The summed E-state index contributed by atoms with van der Waals surface area (Å²) in [6, 6.07) is 0. The SMILES string of the molecule is NCCN1CCCCC1.[HH]. The van der Waals surface area contributed by atoms with E-state index in [0.29, 0.717) is 0 Å². The standard InChI is InChI=1S/C7H16N2.H2/c8-4-7-9-5-2-1-3-6-9;/h1-8H2;1H. The van der Waals surface area contributed by atoms with Crippen molar-refractivity contribution < 1.29 is 1.43 Å². The van der Waals surface area contributed by atoms with Crippen LogP contribution in [0.25, 0.3) is 0 Å². The zero-order valence-electron chi connectivity index (χ0n) is 5.97. The molecule has 0 aromatic heterocycles. The minimum atomic E-state index is 0. The van der Waals surface area contributed by atoms with Crippen molar-refractivity contribution in [1.29, 1.82) is 0 Å². The molecule has 56 valence electrons. The van der Waals surface area contributed by atoms with E-state index in [1.54, 1.807) is 0 Å². The van der Waals surface area contributed by atoms with Gasteiger partial charge >= 0.3 is 0 Å². The van der Waals surface area contributed by atoms with E-state index in [1.165, 1.54) is 32.4 Å². The summed E-state index contributed by atoms with van der Waals surface area (Å²) < 4.78 is 0. The molecule has 0 aliphatic carbocycles. The van der Waals surface area contributed by atoms with Gasteiger partial charge in [-0.05, 0) is 25.9 Å². The van der Waals surface area contributed by atoms with E-state index >= 15 is 0 Å². The predicted octanol–water partition coefficient (Wildman–Crippen LogP) is 0.677. The molecule has 9 heavy (non-hydrogen) atoms. The third kappa shape index (κ3) is 2.33. The summed E-state index contributed by atoms with van der Waals surface area (Å²) in [5.74, 6) is 0. The topological polar surface area (TPSA) is 29.3 Å². The lowest BCUT2D eigenvalue weighted by atomic mass is 10.1. The Morgan fingerprint density at radius 2 is 1.89 bits per heavy atom. The summed E-state index contributed by atoms with van der Waals surface area (Å²) in [5, 5.41) is 0. The molecular weight excluding hydrogens is 112 g/mol. The van der Waals surface area contributed by atoms with E-state index in [-0.39, 0.29) is 1.43 Å². The zero-order valence-corrected chi connectivity index (χ0v) is 5.97. The van der Waals surface area contributed by atoms with Gasteiger partial charge in [0.1, 0.15) is 0 Å². The van der Waals surface area contributed by atoms with Gasteiger partial charge in [-0.25, -0.2) is 0 Å². The molecule has 1 rings (SSSR count). The van der Waals surface area contributed by atoms with E-state index in [9.17, 15) is 0 Å². The first-order valence-electron chi connectivity index (χ1n) is 3.86. The maximum absolute atomic E-state index is 5.42. The fourth-order valence-electron chi connectivity index (χ4n) is 1.37. The van der Waals surface area contributed by atoms with Gasteiger partial charge in [0.25, 0.3) is 0 Å². The molecule has 2 heteroatoms. The monoisotopic (exact) mass is 130 g/mol. The third-order valence-electron chi connectivity index (χ3n) is 1.89. The average molecular weight is 130 g/mol. The van der Waals surface area contributed by atoms with E-state index < -0.39 is 0 Å². The zero-order chi connectivity index (χ0) is 6.53. The van der Waals surface area contributed by atoms with Crippen LogP contribution in [0.3, 0.4) is 0 Å². The minimum absolute atomic E-state index is 0. The molecule has 1 aliphatic heterocycles. The number of nitrogens with zero attached hydrogens (tertiary/aromatic N) is 1. The molecule has 0 aromatic carbocycles. The molecule has 0 aromatic rings. The Balaban J connectivity index is 0.000000810. The van der Waals surface area contributed by atoms with Crippen LogP contribution >= 0.6 is 0 Å². The van der Waals surface area contributed by atoms with Gasteiger partial charge in [-0.1, -0.05) is 6.42 Å². The van der Waals surface area contributed by atoms with Crippen LogP contribution in [0.15, 0.2) is 0 Å². The van der Waals surface area contributed by atoms with Crippen molar-refractivity contribution in [3.8, 4) is 0 Å². The van der Waals surface area contributed by atoms with Crippen LogP contribution in [0.1, 0.15) is 20.7 Å². The van der Waals surface area contributed by atoms with Gasteiger partial charge in [-0.2, -0.15) is 0 Å². The van der Waals surface area contributed by atoms with Crippen molar-refractivity contribution in [2.24, 2.45) is 5.73 Å². The van der Waals surface area contributed by atoms with Crippen molar-refractivity contribution >= 4 is 0 Å². The first-order chi connectivity index (χ1) is 4.43. The van der Waals surface area contributed by atoms with Gasteiger partial charge in [0, 0.05) is 14.5 Å².